The second-order valence-electron chi connectivity index (χ2n) is 22.2. The molecule has 0 unspecified atom stereocenters. The fraction of sp³-hybridized carbons (Fsp3) is 0.481. The number of ketones is 1. The average Bonchev–Trinajstić information content (AvgIpc) is 4.20. The largest absolute Gasteiger partial charge is 0.444 e. The van der Waals surface area contributed by atoms with E-state index in [-0.39, 0.29) is 34.4 Å². The maximum atomic E-state index is 12.6. The lowest BCUT2D eigenvalue weighted by Gasteiger charge is -2.39. The number of nitrogens with zero attached hydrogens (tertiary/aromatic N) is 8. The lowest BCUT2D eigenvalue weighted by Crippen LogP contribution is -2.53. The van der Waals surface area contributed by atoms with Gasteiger partial charge in [0.25, 0.3) is 5.91 Å². The SMILES string of the molecule is CC(C)(C)OC(=O)N1CC(CN)C1.Cc1cc(-c2cnc3c(NCC4CN(C(=O)OC(C)(C)C)C4)cc(Br)nn23)ccc1C(=O)CC1CC1.Cc1cc(-c2cnc3c(S(C)(=O)=O)cc(Br)nn23)ccc1C(=O)NC1CC1. The molecule has 2 aliphatic carbocycles. The summed E-state index contributed by atoms with van der Waals surface area (Å²) in [6.45, 7) is 19.3. The summed E-state index contributed by atoms with van der Waals surface area (Å²) in [5.74, 6) is 1.53. The predicted octanol–water partition coefficient (Wildman–Crippen LogP) is 9.30. The molecule has 4 aromatic heterocycles. The topological polar surface area (TPSA) is 238 Å². The Kier molecular flexibility index (Phi) is 16.7. The van der Waals surface area contributed by atoms with Crippen molar-refractivity contribution in [3.05, 3.63) is 92.4 Å². The number of fused-ring (bicyclic) bond motifs is 2. The molecule has 22 heteroatoms. The number of carbonyl (C=O) groups is 4. The van der Waals surface area contributed by atoms with Gasteiger partial charge in [-0.25, -0.2) is 37.0 Å². The smallest absolute Gasteiger partial charge is 0.410 e. The minimum Gasteiger partial charge on any atom is -0.444 e. The molecular weight excluding hydrogens is 1120 g/mol. The number of amides is 3. The number of sulfone groups is 1. The van der Waals surface area contributed by atoms with Gasteiger partial charge in [0.15, 0.2) is 26.9 Å². The minimum absolute atomic E-state index is 0.0695. The maximum Gasteiger partial charge on any atom is 0.410 e. The van der Waals surface area contributed by atoms with Crippen molar-refractivity contribution >= 4 is 82.6 Å². The molecule has 2 aliphatic heterocycles. The Hall–Kier alpha value is -5.97. The van der Waals surface area contributed by atoms with Gasteiger partial charge in [0, 0.05) is 85.5 Å². The van der Waals surface area contributed by atoms with E-state index in [4.69, 9.17) is 15.2 Å². The Bertz CT molecular complexity index is 3290. The number of likely N-dealkylation sites (tertiary alicyclic amines) is 2. The summed E-state index contributed by atoms with van der Waals surface area (Å²) in [7, 11) is -3.46. The van der Waals surface area contributed by atoms with Crippen LogP contribution in [-0.4, -0.2) is 134 Å². The third-order valence-corrected chi connectivity index (χ3v) is 14.9. The number of imidazole rings is 2. The summed E-state index contributed by atoms with van der Waals surface area (Å²) in [5.41, 5.74) is 12.9. The number of hydrogen-bond acceptors (Lipinski definition) is 14. The van der Waals surface area contributed by atoms with E-state index in [0.29, 0.717) is 76.9 Å². The van der Waals surface area contributed by atoms with Gasteiger partial charge in [0.05, 0.1) is 29.5 Å². The molecular formula is C54H67Br2N11O8S. The van der Waals surface area contributed by atoms with Gasteiger partial charge in [0.2, 0.25) is 0 Å². The third-order valence-electron chi connectivity index (χ3n) is 13.0. The van der Waals surface area contributed by atoms with Gasteiger partial charge in [-0.05, 0) is 167 Å². The number of halogens is 2. The Morgan fingerprint density at radius 2 is 1.20 bits per heavy atom. The summed E-state index contributed by atoms with van der Waals surface area (Å²) in [4.78, 5) is 60.9. The number of nitrogens with two attached hydrogens (primary N) is 1. The number of anilines is 1. The first kappa shape index (κ1) is 56.2. The summed E-state index contributed by atoms with van der Waals surface area (Å²) in [6.07, 6.45) is 9.11. The van der Waals surface area contributed by atoms with Crippen LogP contribution < -0.4 is 16.4 Å². The lowest BCUT2D eigenvalue weighted by molar-refractivity contribution is -0.000290. The summed E-state index contributed by atoms with van der Waals surface area (Å²) >= 11 is 6.79. The van der Waals surface area contributed by atoms with Crippen molar-refractivity contribution < 1.29 is 37.1 Å². The highest BCUT2D eigenvalue weighted by Gasteiger charge is 2.35. The molecule has 2 saturated heterocycles. The first-order valence-electron chi connectivity index (χ1n) is 25.5. The van der Waals surface area contributed by atoms with Crippen LogP contribution in [0.2, 0.25) is 0 Å². The van der Waals surface area contributed by atoms with E-state index in [2.05, 4.69) is 62.7 Å². The number of aromatic nitrogens is 6. The predicted molar refractivity (Wildman–Crippen MR) is 297 cm³/mol. The zero-order chi connectivity index (χ0) is 55.0. The fourth-order valence-corrected chi connectivity index (χ4v) is 10.4. The van der Waals surface area contributed by atoms with Crippen molar-refractivity contribution in [2.24, 2.45) is 23.5 Å². The van der Waals surface area contributed by atoms with E-state index < -0.39 is 21.0 Å². The summed E-state index contributed by atoms with van der Waals surface area (Å²) in [6, 6.07) is 15.1. The zero-order valence-corrected chi connectivity index (χ0v) is 48.4. The number of aryl methyl sites for hydroxylation is 2. The molecule has 4 fully saturated rings. The van der Waals surface area contributed by atoms with Gasteiger partial charge in [-0.15, -0.1) is 0 Å². The number of ether oxygens (including phenoxy) is 2. The highest BCUT2D eigenvalue weighted by atomic mass is 79.9. The van der Waals surface area contributed by atoms with Crippen molar-refractivity contribution in [3.8, 4) is 22.5 Å². The molecule has 4 N–H and O–H groups in total. The van der Waals surface area contributed by atoms with Gasteiger partial charge in [0.1, 0.15) is 25.3 Å². The van der Waals surface area contributed by atoms with E-state index in [1.54, 1.807) is 22.1 Å². The first-order chi connectivity index (χ1) is 35.7. The second kappa shape index (κ2) is 22.5. The Balaban J connectivity index is 0.000000168. The van der Waals surface area contributed by atoms with Crippen molar-refractivity contribution in [1.82, 2.24) is 44.3 Å². The highest BCUT2D eigenvalue weighted by Crippen LogP contribution is 2.35. The first-order valence-corrected chi connectivity index (χ1v) is 29.0. The average molecular weight is 1190 g/mol. The van der Waals surface area contributed by atoms with Gasteiger partial charge >= 0.3 is 12.2 Å². The van der Waals surface area contributed by atoms with Crippen LogP contribution in [0.25, 0.3) is 33.8 Å². The van der Waals surface area contributed by atoms with Crippen LogP contribution in [0, 0.1) is 31.6 Å². The molecule has 76 heavy (non-hydrogen) atoms. The van der Waals surface area contributed by atoms with Gasteiger partial charge in [-0.3, -0.25) is 9.59 Å². The van der Waals surface area contributed by atoms with Gasteiger partial charge in [-0.1, -0.05) is 18.2 Å². The van der Waals surface area contributed by atoms with Gasteiger partial charge in [-0.2, -0.15) is 10.2 Å². The Morgan fingerprint density at radius 3 is 1.68 bits per heavy atom. The molecule has 0 radical (unpaired) electrons. The molecule has 2 aromatic carbocycles. The maximum absolute atomic E-state index is 12.6. The molecule has 6 aromatic rings. The molecule has 3 amide bonds. The van der Waals surface area contributed by atoms with Crippen LogP contribution in [0.3, 0.4) is 0 Å². The number of rotatable bonds is 12. The second-order valence-corrected chi connectivity index (χ2v) is 25.8. The van der Waals surface area contributed by atoms with E-state index in [1.807, 2.05) is 103 Å². The number of carbonyl (C=O) groups excluding carboxylic acids is 4. The molecule has 19 nitrogen and oxygen atoms in total. The summed E-state index contributed by atoms with van der Waals surface area (Å²) in [5, 5.41) is 15.5. The summed E-state index contributed by atoms with van der Waals surface area (Å²) < 4.78 is 39.2. The van der Waals surface area contributed by atoms with Crippen molar-refractivity contribution in [1.29, 1.82) is 0 Å². The van der Waals surface area contributed by atoms with E-state index in [9.17, 15) is 27.6 Å². The number of Topliss-reactive ketones (excluding diaryl/α,β-unsaturated/α-hetero) is 1. The van der Waals surface area contributed by atoms with Gasteiger partial charge < -0.3 is 35.6 Å². The molecule has 10 rings (SSSR count). The monoisotopic (exact) mass is 1190 g/mol. The fourth-order valence-electron chi connectivity index (χ4n) is 8.67. The number of benzene rings is 2. The van der Waals surface area contributed by atoms with E-state index in [0.717, 1.165) is 77.0 Å². The number of hydrogen-bond donors (Lipinski definition) is 3. The molecule has 406 valence electrons. The zero-order valence-electron chi connectivity index (χ0n) is 44.4. The van der Waals surface area contributed by atoms with Crippen molar-refractivity contribution in [2.45, 2.75) is 110 Å². The molecule has 4 aliphatic rings. The minimum atomic E-state index is -3.46. The highest BCUT2D eigenvalue weighted by molar-refractivity contribution is 9.10. The van der Waals surface area contributed by atoms with Crippen LogP contribution >= 0.6 is 31.9 Å². The van der Waals surface area contributed by atoms with E-state index in [1.165, 1.54) is 23.4 Å². The molecule has 6 heterocycles. The van der Waals surface area contributed by atoms with Crippen LogP contribution in [0.15, 0.2) is 75.0 Å². The van der Waals surface area contributed by atoms with Crippen LogP contribution in [0.4, 0.5) is 15.3 Å². The lowest BCUT2D eigenvalue weighted by atomic mass is 9.98. The van der Waals surface area contributed by atoms with Crippen molar-refractivity contribution in [3.63, 3.8) is 0 Å². The number of nitrogens with one attached hydrogen (secondary N) is 2. The van der Waals surface area contributed by atoms with Crippen LogP contribution in [0.5, 0.6) is 0 Å². The molecule has 0 spiro atoms. The third kappa shape index (κ3) is 14.1. The molecule has 0 bridgehead atoms. The Morgan fingerprint density at radius 1 is 0.697 bits per heavy atom. The van der Waals surface area contributed by atoms with Crippen LogP contribution in [-0.2, 0) is 19.3 Å². The quantitative estimate of drug-likeness (QED) is 0.0969. The van der Waals surface area contributed by atoms with E-state index >= 15 is 0 Å². The van der Waals surface area contributed by atoms with Crippen LogP contribution in [0.1, 0.15) is 105 Å². The Labute approximate surface area is 460 Å². The molecule has 2 saturated carbocycles. The molecule has 0 atom stereocenters. The van der Waals surface area contributed by atoms with Crippen molar-refractivity contribution in [2.75, 3.05) is 50.8 Å². The normalized spacial score (nSPS) is 15.9. The standard InChI is InChI=1S/C27H32BrN5O3.C18H17BrN4O3S.C9H18N2O2/c1-16-9-19(7-8-20(16)23(34)10-17-5-6-17)22-13-30-25-21(11-24(28)31-33(22)25)29-12-18-14-32(15-18)26(35)36-27(2,3)4;1-10-7-11(3-6-13(10)18(24)21-12-4-5-12)14-9-20-17-15(27(2,25)26)8-16(19)22-23(14)17;1-9(2,3)13-8(12)11-5-7(4-10)6-11/h7-9,11,13,17-18,29H,5-6,10,12,14-15H2,1-4H3;3,6-9,12H,4-5H2,1-2H3,(H,21,24);7H,4-6,10H2,1-3H3.